The molecule has 0 saturated carbocycles. The first-order chi connectivity index (χ1) is 19.6. The van der Waals surface area contributed by atoms with Crippen LogP contribution in [0.3, 0.4) is 0 Å². The summed E-state index contributed by atoms with van der Waals surface area (Å²) in [4.78, 5) is 23.8. The number of methoxy groups -OCH3 is 1. The minimum absolute atomic E-state index is 0.0601. The highest BCUT2D eigenvalue weighted by molar-refractivity contribution is 5.89. The second-order valence-electron chi connectivity index (χ2n) is 10.5. The number of nitrogens with zero attached hydrogens (tertiary/aromatic N) is 1. The van der Waals surface area contributed by atoms with Gasteiger partial charge in [0.15, 0.2) is 0 Å². The van der Waals surface area contributed by atoms with Crippen LogP contribution in [0.15, 0.2) is 53.6 Å². The number of benzene rings is 2. The molecule has 0 heterocycles. The lowest BCUT2D eigenvalue weighted by Gasteiger charge is -2.09. The number of hydrogen-bond acceptors (Lipinski definition) is 5. The lowest BCUT2D eigenvalue weighted by atomic mass is 10.0. The van der Waals surface area contributed by atoms with Crippen LogP contribution in [0.25, 0.3) is 0 Å². The minimum atomic E-state index is -0.365. The molecule has 1 N–H and O–H groups in total. The van der Waals surface area contributed by atoms with Crippen LogP contribution < -0.4 is 10.2 Å². The summed E-state index contributed by atoms with van der Waals surface area (Å²) >= 11 is 0. The normalized spacial score (nSPS) is 11.1. The third-order valence-corrected chi connectivity index (χ3v) is 7.09. The number of para-hydroxylation sites is 1. The monoisotopic (exact) mass is 550 g/mol. The second kappa shape index (κ2) is 21.6. The van der Waals surface area contributed by atoms with E-state index in [2.05, 4.69) is 17.5 Å². The molecule has 0 bridgehead atoms. The van der Waals surface area contributed by atoms with Crippen LogP contribution in [0.5, 0.6) is 5.75 Å². The zero-order valence-electron chi connectivity index (χ0n) is 24.8. The number of carbonyl (C=O) groups is 2. The molecule has 6 nitrogen and oxygen atoms in total. The quantitative estimate of drug-likeness (QED) is 0.0688. The highest BCUT2D eigenvalue weighted by Gasteiger charge is 2.06. The first-order valence-corrected chi connectivity index (χ1v) is 15.3. The summed E-state index contributed by atoms with van der Waals surface area (Å²) in [5, 5.41) is 4.13. The molecule has 0 aromatic heterocycles. The lowest BCUT2D eigenvalue weighted by Crippen LogP contribution is -2.17. The zero-order chi connectivity index (χ0) is 28.7. The number of hydrazone groups is 1. The maximum absolute atomic E-state index is 12.2. The van der Waals surface area contributed by atoms with Gasteiger partial charge in [-0.2, -0.15) is 5.10 Å². The molecule has 0 atom stereocenters. The molecule has 0 unspecified atom stereocenters. The largest absolute Gasteiger partial charge is 0.488 e. The summed E-state index contributed by atoms with van der Waals surface area (Å²) in [7, 11) is 1.36. The molecule has 0 aliphatic rings. The highest BCUT2D eigenvalue weighted by Crippen LogP contribution is 2.18. The lowest BCUT2D eigenvalue weighted by molar-refractivity contribution is -0.121. The van der Waals surface area contributed by atoms with Crippen molar-refractivity contribution in [2.75, 3.05) is 7.11 Å². The van der Waals surface area contributed by atoms with E-state index >= 15 is 0 Å². The SMILES string of the molecule is CCCCCCCCCCCCCCCCCC(=O)NN=Cc1ccccc1OCc1ccc(C(=O)OC)cc1. The minimum Gasteiger partial charge on any atom is -0.488 e. The van der Waals surface area contributed by atoms with Crippen LogP contribution in [-0.4, -0.2) is 25.2 Å². The molecule has 2 aromatic rings. The maximum Gasteiger partial charge on any atom is 0.337 e. The molecule has 40 heavy (non-hydrogen) atoms. The van der Waals surface area contributed by atoms with E-state index in [4.69, 9.17) is 9.47 Å². The first kappa shape index (κ1) is 33.1. The summed E-state index contributed by atoms with van der Waals surface area (Å²) in [6, 6.07) is 14.6. The third kappa shape index (κ3) is 14.9. The van der Waals surface area contributed by atoms with Crippen LogP contribution in [0.4, 0.5) is 0 Å². The van der Waals surface area contributed by atoms with Crippen molar-refractivity contribution in [3.63, 3.8) is 0 Å². The van der Waals surface area contributed by atoms with Crippen LogP contribution in [0, 0.1) is 0 Å². The van der Waals surface area contributed by atoms with Crippen molar-refractivity contribution in [3.8, 4) is 5.75 Å². The Hall–Kier alpha value is -3.15. The smallest absolute Gasteiger partial charge is 0.337 e. The number of rotatable bonds is 22. The zero-order valence-corrected chi connectivity index (χ0v) is 24.8. The predicted octanol–water partition coefficient (Wildman–Crippen LogP) is 8.76. The fourth-order valence-electron chi connectivity index (χ4n) is 4.62. The average molecular weight is 551 g/mol. The Balaban J connectivity index is 1.53. The second-order valence-corrected chi connectivity index (χ2v) is 10.5. The van der Waals surface area contributed by atoms with E-state index in [1.165, 1.54) is 90.6 Å². The van der Waals surface area contributed by atoms with Gasteiger partial charge in [-0.25, -0.2) is 10.2 Å². The van der Waals surface area contributed by atoms with Gasteiger partial charge in [0.05, 0.1) is 18.9 Å². The summed E-state index contributed by atoms with van der Waals surface area (Å²) < 4.78 is 10.7. The van der Waals surface area contributed by atoms with E-state index in [1.54, 1.807) is 18.3 Å². The summed E-state index contributed by atoms with van der Waals surface area (Å²) in [5.74, 6) is 0.241. The van der Waals surface area contributed by atoms with Crippen LogP contribution in [-0.2, 0) is 16.1 Å². The van der Waals surface area contributed by atoms with Gasteiger partial charge in [0.2, 0.25) is 5.91 Å². The topological polar surface area (TPSA) is 77.0 Å². The van der Waals surface area contributed by atoms with Crippen molar-refractivity contribution < 1.29 is 19.1 Å². The fraction of sp³-hybridized carbons (Fsp3) is 0.559. The van der Waals surface area contributed by atoms with Gasteiger partial charge in [0.25, 0.3) is 0 Å². The number of carbonyl (C=O) groups excluding carboxylic acids is 2. The summed E-state index contributed by atoms with van der Waals surface area (Å²) in [6.45, 7) is 2.62. The Kier molecular flexibility index (Phi) is 17.9. The van der Waals surface area contributed by atoms with E-state index in [0.29, 0.717) is 24.3 Å². The Morgan fingerprint density at radius 1 is 0.750 bits per heavy atom. The van der Waals surface area contributed by atoms with Crippen molar-refractivity contribution in [1.82, 2.24) is 5.43 Å². The van der Waals surface area contributed by atoms with Crippen LogP contribution in [0.1, 0.15) is 131 Å². The maximum atomic E-state index is 12.2. The van der Waals surface area contributed by atoms with Crippen molar-refractivity contribution in [2.45, 2.75) is 116 Å². The number of ether oxygens (including phenoxy) is 2. The Morgan fingerprint density at radius 3 is 1.88 bits per heavy atom. The molecule has 6 heteroatoms. The van der Waals surface area contributed by atoms with E-state index in [9.17, 15) is 9.59 Å². The van der Waals surface area contributed by atoms with Gasteiger partial charge in [-0.1, -0.05) is 121 Å². The molecule has 2 rings (SSSR count). The van der Waals surface area contributed by atoms with Crippen molar-refractivity contribution in [3.05, 3.63) is 65.2 Å². The van der Waals surface area contributed by atoms with Gasteiger partial charge < -0.3 is 9.47 Å². The molecule has 0 saturated heterocycles. The molecule has 0 radical (unpaired) electrons. The van der Waals surface area contributed by atoms with E-state index in [-0.39, 0.29) is 11.9 Å². The van der Waals surface area contributed by atoms with Crippen molar-refractivity contribution >= 4 is 18.1 Å². The van der Waals surface area contributed by atoms with Gasteiger partial charge >= 0.3 is 5.97 Å². The number of esters is 1. The van der Waals surface area contributed by atoms with E-state index in [0.717, 1.165) is 24.0 Å². The van der Waals surface area contributed by atoms with Gasteiger partial charge in [0.1, 0.15) is 12.4 Å². The number of hydrogen-bond donors (Lipinski definition) is 1. The average Bonchev–Trinajstić information content (AvgIpc) is 2.98. The molecule has 1 amide bonds. The number of nitrogens with one attached hydrogen (secondary N) is 1. The van der Waals surface area contributed by atoms with E-state index in [1.807, 2.05) is 36.4 Å². The molecule has 0 aliphatic heterocycles. The van der Waals surface area contributed by atoms with E-state index < -0.39 is 0 Å². The van der Waals surface area contributed by atoms with Crippen LogP contribution in [0.2, 0.25) is 0 Å². The van der Waals surface area contributed by atoms with Gasteiger partial charge in [-0.15, -0.1) is 0 Å². The van der Waals surface area contributed by atoms with Gasteiger partial charge in [-0.3, -0.25) is 4.79 Å². The Morgan fingerprint density at radius 2 is 1.30 bits per heavy atom. The van der Waals surface area contributed by atoms with Crippen LogP contribution >= 0.6 is 0 Å². The van der Waals surface area contributed by atoms with Crippen molar-refractivity contribution in [2.24, 2.45) is 5.10 Å². The van der Waals surface area contributed by atoms with Gasteiger partial charge in [-0.05, 0) is 36.2 Å². The number of amides is 1. The molecule has 0 fully saturated rings. The molecule has 0 spiro atoms. The van der Waals surface area contributed by atoms with Gasteiger partial charge in [0, 0.05) is 12.0 Å². The molecule has 0 aliphatic carbocycles. The summed E-state index contributed by atoms with van der Waals surface area (Å²) in [5.41, 5.74) is 4.84. The third-order valence-electron chi connectivity index (χ3n) is 7.09. The summed E-state index contributed by atoms with van der Waals surface area (Å²) in [6.07, 6.45) is 21.7. The van der Waals surface area contributed by atoms with Crippen molar-refractivity contribution in [1.29, 1.82) is 0 Å². The molecule has 220 valence electrons. The molecular weight excluding hydrogens is 500 g/mol. The number of unbranched alkanes of at least 4 members (excludes halogenated alkanes) is 14. The Bertz CT molecular complexity index is 988. The molecule has 2 aromatic carbocycles. The molecular formula is C34H50N2O4. The fourth-order valence-corrected chi connectivity index (χ4v) is 4.62. The highest BCUT2D eigenvalue weighted by atomic mass is 16.5. The Labute approximate surface area is 241 Å². The standard InChI is InChI=1S/C34H50N2O4/c1-3-4-5-6-7-8-9-10-11-12-13-14-15-16-17-22-33(37)36-35-27-31-20-18-19-21-32(31)40-28-29-23-25-30(26-24-29)34(38)39-2/h18-21,23-27H,3-17,22,28H2,1-2H3,(H,36,37). The predicted molar refractivity (Wildman–Crippen MR) is 164 cm³/mol. The first-order valence-electron chi connectivity index (χ1n) is 15.3.